The maximum Gasteiger partial charge on any atom is 0.123 e. The van der Waals surface area contributed by atoms with Crippen LogP contribution in [0.5, 0.6) is 0 Å². The Morgan fingerprint density at radius 1 is 1.33 bits per heavy atom. The molecule has 1 aromatic carbocycles. The van der Waals surface area contributed by atoms with Crippen molar-refractivity contribution in [1.82, 2.24) is 4.98 Å². The molecule has 2 heteroatoms. The van der Waals surface area contributed by atoms with Crippen molar-refractivity contribution in [2.75, 3.05) is 0 Å². The minimum atomic E-state index is -0.176. The molecule has 0 amide bonds. The van der Waals surface area contributed by atoms with Gasteiger partial charge in [-0.1, -0.05) is 19.8 Å². The summed E-state index contributed by atoms with van der Waals surface area (Å²) in [4.78, 5) is 4.68. The Morgan fingerprint density at radius 3 is 3.06 bits per heavy atom. The van der Waals surface area contributed by atoms with Gasteiger partial charge in [0.2, 0.25) is 0 Å². The molecule has 0 N–H and O–H groups in total. The Kier molecular flexibility index (Phi) is 3.02. The van der Waals surface area contributed by atoms with Crippen molar-refractivity contribution in [3.8, 4) is 0 Å². The first-order valence-corrected chi connectivity index (χ1v) is 6.84. The standard InChI is InChI=1S/C16H18FN/c1-2-3-11-4-6-15-12(8-11)9-13-10-14(17)5-7-16(13)18-15/h5,7,9-11H,2-4,6,8H2,1H3/t11-/m0/s1. The highest BCUT2D eigenvalue weighted by molar-refractivity contribution is 5.79. The molecule has 18 heavy (non-hydrogen) atoms. The summed E-state index contributed by atoms with van der Waals surface area (Å²) in [5.74, 6) is 0.612. The third-order valence-corrected chi connectivity index (χ3v) is 3.94. The molecule has 1 aromatic heterocycles. The number of hydrogen-bond acceptors (Lipinski definition) is 1. The molecule has 0 saturated heterocycles. The van der Waals surface area contributed by atoms with Crippen LogP contribution in [0.4, 0.5) is 4.39 Å². The van der Waals surface area contributed by atoms with Crippen LogP contribution in [0.1, 0.15) is 37.4 Å². The lowest BCUT2D eigenvalue weighted by molar-refractivity contribution is 0.419. The lowest BCUT2D eigenvalue weighted by Crippen LogP contribution is -2.15. The number of rotatable bonds is 2. The summed E-state index contributed by atoms with van der Waals surface area (Å²) in [6.07, 6.45) is 5.98. The second-order valence-electron chi connectivity index (χ2n) is 5.33. The zero-order chi connectivity index (χ0) is 12.5. The van der Waals surface area contributed by atoms with Gasteiger partial charge >= 0.3 is 0 Å². The lowest BCUT2D eigenvalue weighted by Gasteiger charge is -2.23. The fourth-order valence-corrected chi connectivity index (χ4v) is 3.03. The van der Waals surface area contributed by atoms with Gasteiger partial charge in [0.25, 0.3) is 0 Å². The highest BCUT2D eigenvalue weighted by Gasteiger charge is 2.19. The van der Waals surface area contributed by atoms with Gasteiger partial charge in [-0.25, -0.2) is 4.39 Å². The predicted molar refractivity (Wildman–Crippen MR) is 72.1 cm³/mol. The predicted octanol–water partition coefficient (Wildman–Crippen LogP) is 4.28. The molecule has 0 spiro atoms. The van der Waals surface area contributed by atoms with Crippen molar-refractivity contribution in [3.63, 3.8) is 0 Å². The van der Waals surface area contributed by atoms with E-state index in [1.54, 1.807) is 12.1 Å². The van der Waals surface area contributed by atoms with Gasteiger partial charge in [-0.2, -0.15) is 0 Å². The van der Waals surface area contributed by atoms with Gasteiger partial charge in [-0.05, 0) is 55.0 Å². The number of halogens is 1. The molecule has 1 heterocycles. The van der Waals surface area contributed by atoms with Crippen LogP contribution < -0.4 is 0 Å². The van der Waals surface area contributed by atoms with Crippen molar-refractivity contribution in [2.45, 2.75) is 39.0 Å². The Labute approximate surface area is 107 Å². The maximum absolute atomic E-state index is 13.2. The highest BCUT2D eigenvalue weighted by Crippen LogP contribution is 2.29. The Balaban J connectivity index is 2.01. The molecule has 3 rings (SSSR count). The molecule has 1 atom stereocenters. The highest BCUT2D eigenvalue weighted by atomic mass is 19.1. The van der Waals surface area contributed by atoms with Gasteiger partial charge in [0.05, 0.1) is 5.52 Å². The van der Waals surface area contributed by atoms with Crippen LogP contribution in [0.15, 0.2) is 24.3 Å². The van der Waals surface area contributed by atoms with Gasteiger partial charge < -0.3 is 0 Å². The number of benzene rings is 1. The zero-order valence-electron chi connectivity index (χ0n) is 10.7. The monoisotopic (exact) mass is 243 g/mol. The molecule has 0 saturated carbocycles. The average molecular weight is 243 g/mol. The first kappa shape index (κ1) is 11.6. The third kappa shape index (κ3) is 2.12. The lowest BCUT2D eigenvalue weighted by atomic mass is 9.83. The second-order valence-corrected chi connectivity index (χ2v) is 5.33. The number of pyridine rings is 1. The van der Waals surface area contributed by atoms with E-state index in [0.717, 1.165) is 29.7 Å². The molecule has 1 aliphatic carbocycles. The minimum Gasteiger partial charge on any atom is -0.253 e. The van der Waals surface area contributed by atoms with E-state index in [2.05, 4.69) is 18.0 Å². The van der Waals surface area contributed by atoms with Crippen LogP contribution in [-0.2, 0) is 12.8 Å². The molecular formula is C16H18FN. The Morgan fingerprint density at radius 2 is 2.22 bits per heavy atom. The maximum atomic E-state index is 13.2. The molecule has 1 aliphatic rings. The summed E-state index contributed by atoms with van der Waals surface area (Å²) in [7, 11) is 0. The van der Waals surface area contributed by atoms with E-state index in [0.29, 0.717) is 0 Å². The molecule has 0 radical (unpaired) electrons. The van der Waals surface area contributed by atoms with Gasteiger partial charge in [0, 0.05) is 11.1 Å². The number of aromatic nitrogens is 1. The normalized spacial score (nSPS) is 18.9. The first-order valence-electron chi connectivity index (χ1n) is 6.84. The van der Waals surface area contributed by atoms with Crippen molar-refractivity contribution in [1.29, 1.82) is 0 Å². The van der Waals surface area contributed by atoms with Crippen molar-refractivity contribution < 1.29 is 4.39 Å². The summed E-state index contributed by atoms with van der Waals surface area (Å²) in [6.45, 7) is 2.24. The average Bonchev–Trinajstić information content (AvgIpc) is 2.36. The zero-order valence-corrected chi connectivity index (χ0v) is 10.7. The number of nitrogens with zero attached hydrogens (tertiary/aromatic N) is 1. The van der Waals surface area contributed by atoms with E-state index in [9.17, 15) is 4.39 Å². The SMILES string of the molecule is CCC[C@H]1CCc2nc3ccc(F)cc3cc2C1. The Bertz CT molecular complexity index is 577. The van der Waals surface area contributed by atoms with E-state index in [1.165, 1.54) is 36.6 Å². The van der Waals surface area contributed by atoms with Gasteiger partial charge in [-0.3, -0.25) is 4.98 Å². The third-order valence-electron chi connectivity index (χ3n) is 3.94. The Hall–Kier alpha value is -1.44. The summed E-state index contributed by atoms with van der Waals surface area (Å²) < 4.78 is 13.2. The molecule has 2 aromatic rings. The van der Waals surface area contributed by atoms with Gasteiger partial charge in [0.1, 0.15) is 5.82 Å². The number of fused-ring (bicyclic) bond motifs is 2. The molecule has 0 bridgehead atoms. The van der Waals surface area contributed by atoms with Crippen LogP contribution in [0.25, 0.3) is 10.9 Å². The summed E-state index contributed by atoms with van der Waals surface area (Å²) in [5.41, 5.74) is 3.48. The van der Waals surface area contributed by atoms with Crippen LogP contribution >= 0.6 is 0 Å². The van der Waals surface area contributed by atoms with Crippen LogP contribution in [-0.4, -0.2) is 4.98 Å². The van der Waals surface area contributed by atoms with E-state index in [-0.39, 0.29) is 5.82 Å². The molecule has 94 valence electrons. The summed E-state index contributed by atoms with van der Waals surface area (Å²) in [5, 5.41) is 0.936. The van der Waals surface area contributed by atoms with Crippen molar-refractivity contribution in [2.24, 2.45) is 5.92 Å². The van der Waals surface area contributed by atoms with E-state index >= 15 is 0 Å². The van der Waals surface area contributed by atoms with Crippen LogP contribution in [0.3, 0.4) is 0 Å². The summed E-state index contributed by atoms with van der Waals surface area (Å²) >= 11 is 0. The van der Waals surface area contributed by atoms with E-state index in [4.69, 9.17) is 0 Å². The molecule has 0 fully saturated rings. The minimum absolute atomic E-state index is 0.176. The number of aryl methyl sites for hydroxylation is 1. The molecule has 0 aliphatic heterocycles. The molecule has 0 unspecified atom stereocenters. The van der Waals surface area contributed by atoms with Crippen molar-refractivity contribution >= 4 is 10.9 Å². The number of hydrogen-bond donors (Lipinski definition) is 0. The topological polar surface area (TPSA) is 12.9 Å². The summed E-state index contributed by atoms with van der Waals surface area (Å²) in [6, 6.07) is 7.00. The smallest absolute Gasteiger partial charge is 0.123 e. The first-order chi connectivity index (χ1) is 8.76. The fraction of sp³-hybridized carbons (Fsp3) is 0.438. The van der Waals surface area contributed by atoms with Crippen LogP contribution in [0, 0.1) is 11.7 Å². The molecular weight excluding hydrogens is 225 g/mol. The van der Waals surface area contributed by atoms with Gasteiger partial charge in [-0.15, -0.1) is 0 Å². The quantitative estimate of drug-likeness (QED) is 0.767. The van der Waals surface area contributed by atoms with E-state index < -0.39 is 0 Å². The van der Waals surface area contributed by atoms with Crippen LogP contribution in [0.2, 0.25) is 0 Å². The van der Waals surface area contributed by atoms with Crippen molar-refractivity contribution in [3.05, 3.63) is 41.3 Å². The van der Waals surface area contributed by atoms with Gasteiger partial charge in [0.15, 0.2) is 0 Å². The van der Waals surface area contributed by atoms with E-state index in [1.807, 2.05) is 0 Å². The second kappa shape index (κ2) is 4.68. The molecule has 1 nitrogen and oxygen atoms in total. The largest absolute Gasteiger partial charge is 0.253 e. The fourth-order valence-electron chi connectivity index (χ4n) is 3.03.